The normalized spacial score (nSPS) is 10.6. The first-order valence-electron chi connectivity index (χ1n) is 6.29. The van der Waals surface area contributed by atoms with E-state index in [1.165, 1.54) is 11.3 Å². The number of hydrogen-bond acceptors (Lipinski definition) is 5. The van der Waals surface area contributed by atoms with Crippen molar-refractivity contribution in [3.05, 3.63) is 69.1 Å². The Bertz CT molecular complexity index is 859. The van der Waals surface area contributed by atoms with Crippen molar-refractivity contribution in [2.75, 3.05) is 0 Å². The first-order valence-corrected chi connectivity index (χ1v) is 8.32. The SMILES string of the molecule is N#Cc1ccc(CSCc2cc(=O)n3ccsc3n2)cc1. The van der Waals surface area contributed by atoms with Crippen molar-refractivity contribution >= 4 is 28.1 Å². The van der Waals surface area contributed by atoms with Crippen molar-refractivity contribution in [2.45, 2.75) is 11.5 Å². The maximum Gasteiger partial charge on any atom is 0.258 e. The van der Waals surface area contributed by atoms with Gasteiger partial charge in [-0.05, 0) is 17.7 Å². The van der Waals surface area contributed by atoms with Crippen molar-refractivity contribution in [1.82, 2.24) is 9.38 Å². The molecule has 0 aliphatic heterocycles. The third kappa shape index (κ3) is 3.15. The minimum atomic E-state index is -0.0322. The van der Waals surface area contributed by atoms with Gasteiger partial charge in [0, 0.05) is 29.1 Å². The highest BCUT2D eigenvalue weighted by Crippen LogP contribution is 2.17. The van der Waals surface area contributed by atoms with Crippen LogP contribution in [0.2, 0.25) is 0 Å². The van der Waals surface area contributed by atoms with E-state index in [-0.39, 0.29) is 5.56 Å². The summed E-state index contributed by atoms with van der Waals surface area (Å²) < 4.78 is 1.56. The van der Waals surface area contributed by atoms with Crippen LogP contribution in [0.3, 0.4) is 0 Å². The molecule has 1 aromatic carbocycles. The van der Waals surface area contributed by atoms with Crippen molar-refractivity contribution in [3.8, 4) is 6.07 Å². The van der Waals surface area contributed by atoms with Crippen LogP contribution in [0.1, 0.15) is 16.8 Å². The smallest absolute Gasteiger partial charge is 0.258 e. The monoisotopic (exact) mass is 313 g/mol. The molecule has 0 fully saturated rings. The highest BCUT2D eigenvalue weighted by Gasteiger charge is 2.03. The lowest BCUT2D eigenvalue weighted by Gasteiger charge is -2.02. The molecule has 104 valence electrons. The second-order valence-electron chi connectivity index (χ2n) is 4.44. The highest BCUT2D eigenvalue weighted by atomic mass is 32.2. The van der Waals surface area contributed by atoms with Gasteiger partial charge < -0.3 is 0 Å². The second-order valence-corrected chi connectivity index (χ2v) is 6.30. The van der Waals surface area contributed by atoms with Gasteiger partial charge in [-0.1, -0.05) is 12.1 Å². The van der Waals surface area contributed by atoms with Crippen LogP contribution in [0.25, 0.3) is 4.96 Å². The number of nitriles is 1. The van der Waals surface area contributed by atoms with E-state index in [0.717, 1.165) is 22.0 Å². The molecule has 0 bridgehead atoms. The Kier molecular flexibility index (Phi) is 4.04. The van der Waals surface area contributed by atoms with Crippen LogP contribution >= 0.6 is 23.1 Å². The van der Waals surface area contributed by atoms with Gasteiger partial charge in [0.15, 0.2) is 4.96 Å². The molecule has 0 saturated heterocycles. The third-order valence-corrected chi connectivity index (χ3v) is 4.75. The molecule has 0 aliphatic rings. The largest absolute Gasteiger partial charge is 0.269 e. The van der Waals surface area contributed by atoms with Crippen LogP contribution in [0.5, 0.6) is 0 Å². The van der Waals surface area contributed by atoms with Crippen molar-refractivity contribution < 1.29 is 0 Å². The predicted molar refractivity (Wildman–Crippen MR) is 85.5 cm³/mol. The maximum atomic E-state index is 11.9. The molecular weight excluding hydrogens is 302 g/mol. The number of nitrogens with zero attached hydrogens (tertiary/aromatic N) is 3. The molecule has 0 saturated carbocycles. The highest BCUT2D eigenvalue weighted by molar-refractivity contribution is 7.97. The number of thiazole rings is 1. The van der Waals surface area contributed by atoms with Crippen molar-refractivity contribution in [1.29, 1.82) is 5.26 Å². The molecule has 0 N–H and O–H groups in total. The van der Waals surface area contributed by atoms with Crippen LogP contribution in [0, 0.1) is 11.3 Å². The molecule has 2 aromatic heterocycles. The summed E-state index contributed by atoms with van der Waals surface area (Å²) >= 11 is 3.17. The quantitative estimate of drug-likeness (QED) is 0.743. The van der Waals surface area contributed by atoms with Gasteiger partial charge in [-0.2, -0.15) is 17.0 Å². The van der Waals surface area contributed by atoms with E-state index in [9.17, 15) is 4.79 Å². The molecule has 0 amide bonds. The number of fused-ring (bicyclic) bond motifs is 1. The van der Waals surface area contributed by atoms with Crippen LogP contribution in [-0.2, 0) is 11.5 Å². The molecule has 0 atom stereocenters. The van der Waals surface area contributed by atoms with E-state index in [2.05, 4.69) is 11.1 Å². The minimum Gasteiger partial charge on any atom is -0.269 e. The molecule has 0 aliphatic carbocycles. The lowest BCUT2D eigenvalue weighted by molar-refractivity contribution is 1.04. The number of benzene rings is 1. The Morgan fingerprint density at radius 2 is 2.10 bits per heavy atom. The molecule has 4 nitrogen and oxygen atoms in total. The standard InChI is InChI=1S/C15H11N3OS2/c16-8-11-1-3-12(4-2-11)9-20-10-13-7-14(19)18-5-6-21-15(18)17-13/h1-7H,9-10H2. The van der Waals surface area contributed by atoms with Crippen molar-refractivity contribution in [2.24, 2.45) is 0 Å². The van der Waals surface area contributed by atoms with Gasteiger partial charge in [0.1, 0.15) is 0 Å². The summed E-state index contributed by atoms with van der Waals surface area (Å²) in [6.45, 7) is 0. The van der Waals surface area contributed by atoms with Gasteiger partial charge in [0.25, 0.3) is 5.56 Å². The van der Waals surface area contributed by atoms with Crippen molar-refractivity contribution in [3.63, 3.8) is 0 Å². The van der Waals surface area contributed by atoms with Crippen LogP contribution in [0.4, 0.5) is 0 Å². The van der Waals surface area contributed by atoms with E-state index in [1.807, 2.05) is 29.6 Å². The molecule has 3 rings (SSSR count). The van der Waals surface area contributed by atoms with Gasteiger partial charge in [-0.25, -0.2) is 4.98 Å². The van der Waals surface area contributed by atoms with Gasteiger partial charge in [0.2, 0.25) is 0 Å². The lowest BCUT2D eigenvalue weighted by atomic mass is 10.2. The Morgan fingerprint density at radius 3 is 2.86 bits per heavy atom. The van der Waals surface area contributed by atoms with Crippen LogP contribution in [-0.4, -0.2) is 9.38 Å². The topological polar surface area (TPSA) is 58.2 Å². The number of hydrogen-bond donors (Lipinski definition) is 0. The first-order chi connectivity index (χ1) is 10.3. The van der Waals surface area contributed by atoms with E-state index >= 15 is 0 Å². The average Bonchev–Trinajstić information content (AvgIpc) is 2.97. The Hall–Kier alpha value is -2.10. The maximum absolute atomic E-state index is 11.9. The van der Waals surface area contributed by atoms with Gasteiger partial charge in [-0.3, -0.25) is 9.20 Å². The Morgan fingerprint density at radius 1 is 1.29 bits per heavy atom. The molecule has 0 unspecified atom stereocenters. The molecule has 0 spiro atoms. The van der Waals surface area contributed by atoms with Gasteiger partial charge in [-0.15, -0.1) is 11.3 Å². The summed E-state index contributed by atoms with van der Waals surface area (Å²) in [6.07, 6.45) is 1.74. The lowest BCUT2D eigenvalue weighted by Crippen LogP contribution is -2.12. The van der Waals surface area contributed by atoms with Crippen LogP contribution < -0.4 is 5.56 Å². The fourth-order valence-corrected chi connectivity index (χ4v) is 3.54. The summed E-state index contributed by atoms with van der Waals surface area (Å²) in [4.78, 5) is 17.1. The fourth-order valence-electron chi connectivity index (χ4n) is 1.91. The first kappa shape index (κ1) is 13.9. The summed E-state index contributed by atoms with van der Waals surface area (Å²) in [5, 5.41) is 10.6. The summed E-state index contributed by atoms with van der Waals surface area (Å²) in [7, 11) is 0. The molecular formula is C15H11N3OS2. The van der Waals surface area contributed by atoms with Crippen LogP contribution in [0.15, 0.2) is 46.7 Å². The third-order valence-electron chi connectivity index (χ3n) is 2.96. The predicted octanol–water partition coefficient (Wildman–Crippen LogP) is 3.06. The summed E-state index contributed by atoms with van der Waals surface area (Å²) in [5.41, 5.74) is 2.60. The Labute approximate surface area is 129 Å². The second kappa shape index (κ2) is 6.12. The zero-order chi connectivity index (χ0) is 14.7. The van der Waals surface area contributed by atoms with E-state index < -0.39 is 0 Å². The molecule has 6 heteroatoms. The number of aromatic nitrogens is 2. The summed E-state index contributed by atoms with van der Waals surface area (Å²) in [6, 6.07) is 11.2. The van der Waals surface area contributed by atoms with Gasteiger partial charge in [0.05, 0.1) is 17.3 Å². The molecule has 2 heterocycles. The van der Waals surface area contributed by atoms with Gasteiger partial charge >= 0.3 is 0 Å². The molecule has 0 radical (unpaired) electrons. The van der Waals surface area contributed by atoms with E-state index in [4.69, 9.17) is 5.26 Å². The number of thioether (sulfide) groups is 1. The molecule has 21 heavy (non-hydrogen) atoms. The Balaban J connectivity index is 1.66. The van der Waals surface area contributed by atoms with E-state index in [1.54, 1.807) is 28.4 Å². The zero-order valence-electron chi connectivity index (χ0n) is 11.0. The zero-order valence-corrected chi connectivity index (χ0v) is 12.7. The average molecular weight is 313 g/mol. The van der Waals surface area contributed by atoms with E-state index in [0.29, 0.717) is 11.3 Å². The molecule has 3 aromatic rings. The number of rotatable bonds is 4. The summed E-state index contributed by atoms with van der Waals surface area (Å²) in [5.74, 6) is 1.53. The fraction of sp³-hybridized carbons (Fsp3) is 0.133. The minimum absolute atomic E-state index is 0.0322.